The van der Waals surface area contributed by atoms with E-state index in [1.807, 2.05) is 0 Å². The van der Waals surface area contributed by atoms with E-state index in [4.69, 9.17) is 4.74 Å². The first-order valence-corrected chi connectivity index (χ1v) is 3.86. The van der Waals surface area contributed by atoms with Gasteiger partial charge in [0.15, 0.2) is 0 Å². The largest absolute Gasteiger partial charge is 0.381 e. The molecule has 0 bridgehead atoms. The zero-order chi connectivity index (χ0) is 5.11. The maximum atomic E-state index is 5.14. The van der Waals surface area contributed by atoms with Gasteiger partial charge in [-0.05, 0) is 12.8 Å². The van der Waals surface area contributed by atoms with Crippen molar-refractivity contribution in [2.24, 2.45) is 0 Å². The van der Waals surface area contributed by atoms with Crippen molar-refractivity contribution in [1.82, 2.24) is 0 Å². The monoisotopic (exact) mass is 276 g/mol. The fourth-order valence-electron chi connectivity index (χ4n) is 0.669. The van der Waals surface area contributed by atoms with Gasteiger partial charge in [-0.3, -0.25) is 0 Å². The first-order valence-electron chi connectivity index (χ1n) is 2.61. The predicted molar refractivity (Wildman–Crippen MR) is 37.9 cm³/mol. The molecule has 1 fully saturated rings. The minimum absolute atomic E-state index is 0. The number of halogens is 1. The number of alkyl halides is 1. The summed E-state index contributed by atoms with van der Waals surface area (Å²) in [5.41, 5.74) is 0. The summed E-state index contributed by atoms with van der Waals surface area (Å²) in [7, 11) is 0. The van der Waals surface area contributed by atoms with Gasteiger partial charge in [-0.2, -0.15) is 0 Å². The van der Waals surface area contributed by atoms with E-state index >= 15 is 0 Å². The molecule has 0 amide bonds. The average Bonchev–Trinajstić information content (AvgIpc) is 1.69. The normalized spacial score (nSPS) is 22.1. The van der Waals surface area contributed by atoms with E-state index in [9.17, 15) is 0 Å². The number of ether oxygens (including phenoxy) is 1. The van der Waals surface area contributed by atoms with Crippen molar-refractivity contribution in [2.75, 3.05) is 13.2 Å². The van der Waals surface area contributed by atoms with Crippen LogP contribution in [0.15, 0.2) is 0 Å². The van der Waals surface area contributed by atoms with Gasteiger partial charge in [-0.1, -0.05) is 22.6 Å². The van der Waals surface area contributed by atoms with Crippen LogP contribution in [-0.2, 0) is 24.2 Å². The molecule has 0 saturated carbocycles. The smallest absolute Gasteiger partial charge is 0.0476 e. The van der Waals surface area contributed by atoms with Gasteiger partial charge in [-0.25, -0.2) is 0 Å². The van der Waals surface area contributed by atoms with E-state index in [2.05, 4.69) is 22.6 Å². The van der Waals surface area contributed by atoms with Gasteiger partial charge >= 0.3 is 0 Å². The van der Waals surface area contributed by atoms with Crippen LogP contribution in [-0.4, -0.2) is 17.1 Å². The van der Waals surface area contributed by atoms with Gasteiger partial charge < -0.3 is 4.74 Å². The Balaban J connectivity index is 0.000000490. The van der Waals surface area contributed by atoms with E-state index in [1.165, 1.54) is 12.8 Å². The molecule has 0 N–H and O–H groups in total. The second-order valence-electron chi connectivity index (χ2n) is 1.79. The molecule has 1 saturated heterocycles. The summed E-state index contributed by atoms with van der Waals surface area (Å²) < 4.78 is 6.02. The minimum atomic E-state index is 0. The molecule has 1 heterocycles. The Morgan fingerprint density at radius 2 is 1.75 bits per heavy atom. The average molecular weight is 277 g/mol. The molecule has 0 aromatic carbocycles. The molecule has 44 valence electrons. The fraction of sp³-hybridized carbons (Fsp3) is 1.00. The van der Waals surface area contributed by atoms with Gasteiger partial charge in [-0.15, -0.1) is 0 Å². The molecule has 3 heteroatoms. The minimum Gasteiger partial charge on any atom is -0.381 e. The quantitative estimate of drug-likeness (QED) is 0.371. The van der Waals surface area contributed by atoms with Crippen molar-refractivity contribution >= 4 is 22.6 Å². The Labute approximate surface area is 76.5 Å². The van der Waals surface area contributed by atoms with Crippen LogP contribution in [0.25, 0.3) is 0 Å². The molecule has 1 rings (SSSR count). The van der Waals surface area contributed by atoms with Crippen LogP contribution in [0.3, 0.4) is 0 Å². The van der Waals surface area contributed by atoms with E-state index in [0.717, 1.165) is 17.1 Å². The van der Waals surface area contributed by atoms with E-state index < -0.39 is 0 Å². The zero-order valence-electron chi connectivity index (χ0n) is 4.90. The summed E-state index contributed by atoms with van der Waals surface area (Å²) >= 11 is 2.48. The van der Waals surface area contributed by atoms with Crippen molar-refractivity contribution in [3.63, 3.8) is 0 Å². The standard InChI is InChI=1S/C5H9IO.Zn/c6-5-1-3-7-4-2-5;/h5H,1-4H2;. The summed E-state index contributed by atoms with van der Waals surface area (Å²) in [5.74, 6) is 0. The Morgan fingerprint density at radius 1 is 1.25 bits per heavy atom. The molecule has 8 heavy (non-hydrogen) atoms. The molecule has 0 aromatic rings. The van der Waals surface area contributed by atoms with Gasteiger partial charge in [0.05, 0.1) is 0 Å². The molecule has 0 unspecified atom stereocenters. The van der Waals surface area contributed by atoms with Crippen molar-refractivity contribution in [1.29, 1.82) is 0 Å². The van der Waals surface area contributed by atoms with Crippen molar-refractivity contribution < 1.29 is 24.2 Å². The van der Waals surface area contributed by atoms with Crippen LogP contribution in [0.5, 0.6) is 0 Å². The summed E-state index contributed by atoms with van der Waals surface area (Å²) in [5, 5.41) is 0. The molecule has 0 atom stereocenters. The molecule has 1 aliphatic heterocycles. The fourth-order valence-corrected chi connectivity index (χ4v) is 1.18. The van der Waals surface area contributed by atoms with Crippen LogP contribution in [0.4, 0.5) is 0 Å². The van der Waals surface area contributed by atoms with Crippen LogP contribution < -0.4 is 0 Å². The summed E-state index contributed by atoms with van der Waals surface area (Å²) in [4.78, 5) is 0. The van der Waals surface area contributed by atoms with E-state index in [-0.39, 0.29) is 19.5 Å². The Hall–Kier alpha value is 1.31. The third-order valence-electron chi connectivity index (χ3n) is 1.15. The SMILES string of the molecule is IC1CCOCC1.[Zn]. The van der Waals surface area contributed by atoms with Gasteiger partial charge in [0, 0.05) is 36.6 Å². The van der Waals surface area contributed by atoms with Gasteiger partial charge in [0.25, 0.3) is 0 Å². The second kappa shape index (κ2) is 5.13. The first kappa shape index (κ1) is 9.31. The Kier molecular flexibility index (Phi) is 5.97. The van der Waals surface area contributed by atoms with Crippen LogP contribution in [0, 0.1) is 0 Å². The molecule has 0 spiro atoms. The Morgan fingerprint density at radius 3 is 2.00 bits per heavy atom. The van der Waals surface area contributed by atoms with Crippen molar-refractivity contribution in [3.05, 3.63) is 0 Å². The summed E-state index contributed by atoms with van der Waals surface area (Å²) in [6, 6.07) is 0. The maximum absolute atomic E-state index is 5.14. The molecule has 1 aliphatic rings. The van der Waals surface area contributed by atoms with E-state index in [1.54, 1.807) is 0 Å². The Bertz CT molecular complexity index is 54.4. The molecular weight excluding hydrogens is 268 g/mol. The van der Waals surface area contributed by atoms with Gasteiger partial charge in [0.1, 0.15) is 0 Å². The van der Waals surface area contributed by atoms with Crippen molar-refractivity contribution in [3.8, 4) is 0 Å². The second-order valence-corrected chi connectivity index (χ2v) is 3.55. The van der Waals surface area contributed by atoms with Crippen LogP contribution >= 0.6 is 22.6 Å². The summed E-state index contributed by atoms with van der Waals surface area (Å²) in [6.07, 6.45) is 2.50. The van der Waals surface area contributed by atoms with Crippen LogP contribution in [0.2, 0.25) is 0 Å². The molecule has 0 aliphatic carbocycles. The topological polar surface area (TPSA) is 9.23 Å². The molecule has 0 radical (unpaired) electrons. The maximum Gasteiger partial charge on any atom is 0.0476 e. The van der Waals surface area contributed by atoms with Crippen molar-refractivity contribution in [2.45, 2.75) is 16.8 Å². The number of hydrogen-bond donors (Lipinski definition) is 0. The van der Waals surface area contributed by atoms with Gasteiger partial charge in [0.2, 0.25) is 0 Å². The molecular formula is C5H9IOZn. The third-order valence-corrected chi connectivity index (χ3v) is 2.40. The van der Waals surface area contributed by atoms with Crippen LogP contribution in [0.1, 0.15) is 12.8 Å². The predicted octanol–water partition coefficient (Wildman–Crippen LogP) is 1.60. The third kappa shape index (κ3) is 3.36. The zero-order valence-corrected chi connectivity index (χ0v) is 10.0. The summed E-state index contributed by atoms with van der Waals surface area (Å²) in [6.45, 7) is 1.96. The molecule has 0 aromatic heterocycles. The first-order chi connectivity index (χ1) is 3.39. The number of hydrogen-bond acceptors (Lipinski definition) is 1. The van der Waals surface area contributed by atoms with E-state index in [0.29, 0.717) is 0 Å². The number of rotatable bonds is 0. The molecule has 1 nitrogen and oxygen atoms in total.